The third kappa shape index (κ3) is 3.92. The Morgan fingerprint density at radius 3 is 2.16 bits per heavy atom. The number of sulfone groups is 1. The fourth-order valence-electron chi connectivity index (χ4n) is 1.30. The zero-order chi connectivity index (χ0) is 14.9. The van der Waals surface area contributed by atoms with E-state index in [1.807, 2.05) is 0 Å². The zero-order valence-corrected chi connectivity index (χ0v) is 12.7. The molecule has 1 aromatic rings. The van der Waals surface area contributed by atoms with E-state index in [1.165, 1.54) is 12.1 Å². The van der Waals surface area contributed by atoms with Gasteiger partial charge >= 0.3 is 0 Å². The number of hydrogen-bond acceptors (Lipinski definition) is 5. The molecule has 0 aliphatic carbocycles. The van der Waals surface area contributed by atoms with Crippen LogP contribution < -0.4 is 10.5 Å². The number of rotatable bonds is 5. The minimum atomic E-state index is -3.85. The Morgan fingerprint density at radius 2 is 1.68 bits per heavy atom. The highest BCUT2D eigenvalue weighted by Crippen LogP contribution is 2.22. The van der Waals surface area contributed by atoms with Crippen LogP contribution in [0.2, 0.25) is 0 Å². The number of benzene rings is 1. The van der Waals surface area contributed by atoms with Gasteiger partial charge in [0.15, 0.2) is 9.84 Å². The summed E-state index contributed by atoms with van der Waals surface area (Å²) in [5.41, 5.74) is 0.293. The Hall–Kier alpha value is -1.12. The molecule has 0 aromatic heterocycles. The Labute approximate surface area is 114 Å². The standard InChI is InChI=1S/C11H18N2O4S2/c1-11(2,18(3,14)15)8-13-9-6-4-5-7-10(9)19(12,16)17/h4-7,13H,8H2,1-3H3,(H2,12,16,17). The first-order chi connectivity index (χ1) is 8.45. The van der Waals surface area contributed by atoms with Crippen molar-refractivity contribution in [2.45, 2.75) is 23.5 Å². The molecule has 19 heavy (non-hydrogen) atoms. The molecule has 0 heterocycles. The predicted molar refractivity (Wildman–Crippen MR) is 75.2 cm³/mol. The van der Waals surface area contributed by atoms with Gasteiger partial charge in [0.25, 0.3) is 0 Å². The molecular weight excluding hydrogens is 288 g/mol. The predicted octanol–water partition coefficient (Wildman–Crippen LogP) is 0.569. The lowest BCUT2D eigenvalue weighted by Crippen LogP contribution is -2.38. The summed E-state index contributed by atoms with van der Waals surface area (Å²) in [4.78, 5) is -0.0562. The van der Waals surface area contributed by atoms with E-state index in [-0.39, 0.29) is 11.4 Å². The summed E-state index contributed by atoms with van der Waals surface area (Å²) in [7, 11) is -7.11. The topological polar surface area (TPSA) is 106 Å². The minimum Gasteiger partial charge on any atom is -0.382 e. The van der Waals surface area contributed by atoms with E-state index >= 15 is 0 Å². The first-order valence-electron chi connectivity index (χ1n) is 5.50. The molecule has 108 valence electrons. The normalized spacial score (nSPS) is 13.3. The van der Waals surface area contributed by atoms with Gasteiger partial charge < -0.3 is 5.32 Å². The highest BCUT2D eigenvalue weighted by molar-refractivity contribution is 7.92. The van der Waals surface area contributed by atoms with Gasteiger partial charge in [-0.3, -0.25) is 0 Å². The zero-order valence-electron chi connectivity index (χ0n) is 11.0. The van der Waals surface area contributed by atoms with Crippen LogP contribution in [0, 0.1) is 0 Å². The molecule has 0 saturated carbocycles. The monoisotopic (exact) mass is 306 g/mol. The summed E-state index contributed by atoms with van der Waals surface area (Å²) >= 11 is 0. The van der Waals surface area contributed by atoms with Crippen LogP contribution >= 0.6 is 0 Å². The Bertz CT molecular complexity index is 664. The van der Waals surface area contributed by atoms with Crippen molar-refractivity contribution < 1.29 is 16.8 Å². The Morgan fingerprint density at radius 1 is 1.16 bits per heavy atom. The molecule has 0 fully saturated rings. The summed E-state index contributed by atoms with van der Waals surface area (Å²) in [6.45, 7) is 3.21. The maximum atomic E-state index is 11.6. The SMILES string of the molecule is CC(C)(CNc1ccccc1S(N)(=O)=O)S(C)(=O)=O. The van der Waals surface area contributed by atoms with Crippen LogP contribution in [0.15, 0.2) is 29.2 Å². The molecule has 0 amide bonds. The molecule has 0 aliphatic rings. The van der Waals surface area contributed by atoms with E-state index < -0.39 is 24.6 Å². The van der Waals surface area contributed by atoms with Crippen LogP contribution in [0.4, 0.5) is 5.69 Å². The van der Waals surface area contributed by atoms with Crippen molar-refractivity contribution in [3.05, 3.63) is 24.3 Å². The Balaban J connectivity index is 3.04. The molecular formula is C11H18N2O4S2. The summed E-state index contributed by atoms with van der Waals surface area (Å²) in [6, 6.07) is 6.10. The molecule has 8 heteroatoms. The second-order valence-corrected chi connectivity index (χ2v) is 9.11. The molecule has 0 atom stereocenters. The quantitative estimate of drug-likeness (QED) is 0.827. The minimum absolute atomic E-state index is 0.0562. The second kappa shape index (κ2) is 5.10. The third-order valence-corrected chi connectivity index (χ3v) is 6.02. The van der Waals surface area contributed by atoms with Crippen LogP contribution in [0.1, 0.15) is 13.8 Å². The molecule has 1 rings (SSSR count). The second-order valence-electron chi connectivity index (χ2n) is 4.93. The van der Waals surface area contributed by atoms with E-state index in [0.717, 1.165) is 6.26 Å². The molecule has 3 N–H and O–H groups in total. The van der Waals surface area contributed by atoms with Crippen molar-refractivity contribution in [2.75, 3.05) is 18.1 Å². The Kier molecular flexibility index (Phi) is 4.28. The van der Waals surface area contributed by atoms with E-state index in [1.54, 1.807) is 26.0 Å². The van der Waals surface area contributed by atoms with E-state index in [2.05, 4.69) is 5.32 Å². The van der Waals surface area contributed by atoms with Crippen molar-refractivity contribution in [1.29, 1.82) is 0 Å². The molecule has 0 aliphatic heterocycles. The fraction of sp³-hybridized carbons (Fsp3) is 0.455. The van der Waals surface area contributed by atoms with Crippen molar-refractivity contribution >= 4 is 25.5 Å². The maximum Gasteiger partial charge on any atom is 0.240 e. The van der Waals surface area contributed by atoms with E-state index in [0.29, 0.717) is 5.69 Å². The van der Waals surface area contributed by atoms with Gasteiger partial charge in [-0.15, -0.1) is 0 Å². The average molecular weight is 306 g/mol. The van der Waals surface area contributed by atoms with Gasteiger partial charge in [-0.25, -0.2) is 22.0 Å². The molecule has 0 spiro atoms. The fourth-order valence-corrected chi connectivity index (χ4v) is 2.35. The van der Waals surface area contributed by atoms with Crippen molar-refractivity contribution in [2.24, 2.45) is 5.14 Å². The molecule has 0 unspecified atom stereocenters. The average Bonchev–Trinajstić information content (AvgIpc) is 2.24. The van der Waals surface area contributed by atoms with Crippen LogP contribution in [0.25, 0.3) is 0 Å². The lowest BCUT2D eigenvalue weighted by atomic mass is 10.2. The summed E-state index contributed by atoms with van der Waals surface area (Å²) in [5.74, 6) is 0. The number of hydrogen-bond donors (Lipinski definition) is 2. The van der Waals surface area contributed by atoms with Crippen molar-refractivity contribution in [3.63, 3.8) is 0 Å². The first kappa shape index (κ1) is 15.9. The largest absolute Gasteiger partial charge is 0.382 e. The lowest BCUT2D eigenvalue weighted by molar-refractivity contribution is 0.559. The number of nitrogens with two attached hydrogens (primary N) is 1. The van der Waals surface area contributed by atoms with Gasteiger partial charge in [0.05, 0.1) is 10.4 Å². The van der Waals surface area contributed by atoms with Crippen molar-refractivity contribution in [1.82, 2.24) is 0 Å². The van der Waals surface area contributed by atoms with E-state index in [9.17, 15) is 16.8 Å². The van der Waals surface area contributed by atoms with Gasteiger partial charge in [-0.05, 0) is 26.0 Å². The molecule has 0 bridgehead atoms. The number of sulfonamides is 1. The maximum absolute atomic E-state index is 11.6. The van der Waals surface area contributed by atoms with Gasteiger partial charge in [0.1, 0.15) is 4.90 Å². The highest BCUT2D eigenvalue weighted by Gasteiger charge is 2.30. The van der Waals surface area contributed by atoms with Crippen LogP contribution in [0.3, 0.4) is 0 Å². The smallest absolute Gasteiger partial charge is 0.240 e. The van der Waals surface area contributed by atoms with E-state index in [4.69, 9.17) is 5.14 Å². The molecule has 0 saturated heterocycles. The molecule has 6 nitrogen and oxygen atoms in total. The van der Waals surface area contributed by atoms with Gasteiger partial charge in [-0.2, -0.15) is 0 Å². The molecule has 1 aromatic carbocycles. The number of primary sulfonamides is 1. The number of para-hydroxylation sites is 1. The van der Waals surface area contributed by atoms with Crippen LogP contribution in [-0.4, -0.2) is 34.4 Å². The summed E-state index contributed by atoms with van der Waals surface area (Å²) in [5, 5.41) is 7.92. The summed E-state index contributed by atoms with van der Waals surface area (Å²) in [6.07, 6.45) is 1.14. The summed E-state index contributed by atoms with van der Waals surface area (Å²) < 4.78 is 44.9. The van der Waals surface area contributed by atoms with Gasteiger partial charge in [-0.1, -0.05) is 12.1 Å². The number of nitrogens with one attached hydrogen (secondary N) is 1. The third-order valence-electron chi connectivity index (χ3n) is 2.90. The first-order valence-corrected chi connectivity index (χ1v) is 8.94. The van der Waals surface area contributed by atoms with Gasteiger partial charge in [0, 0.05) is 12.8 Å². The lowest BCUT2D eigenvalue weighted by Gasteiger charge is -2.24. The van der Waals surface area contributed by atoms with Crippen molar-refractivity contribution in [3.8, 4) is 0 Å². The number of anilines is 1. The molecule has 0 radical (unpaired) electrons. The van der Waals surface area contributed by atoms with Crippen LogP contribution in [-0.2, 0) is 19.9 Å². The highest BCUT2D eigenvalue weighted by atomic mass is 32.2. The van der Waals surface area contributed by atoms with Crippen LogP contribution in [0.5, 0.6) is 0 Å². The van der Waals surface area contributed by atoms with Gasteiger partial charge in [0.2, 0.25) is 10.0 Å².